The van der Waals surface area contributed by atoms with Gasteiger partial charge in [0, 0.05) is 32.7 Å². The maximum atomic E-state index is 12.9. The van der Waals surface area contributed by atoms with E-state index in [4.69, 9.17) is 9.47 Å². The summed E-state index contributed by atoms with van der Waals surface area (Å²) >= 11 is 0. The summed E-state index contributed by atoms with van der Waals surface area (Å²) in [5, 5.41) is 3.05. The van der Waals surface area contributed by atoms with E-state index in [0.29, 0.717) is 12.5 Å². The molecule has 1 aromatic carbocycles. The first kappa shape index (κ1) is 21.6. The van der Waals surface area contributed by atoms with Gasteiger partial charge in [-0.15, -0.1) is 0 Å². The van der Waals surface area contributed by atoms with Gasteiger partial charge in [-0.3, -0.25) is 9.69 Å². The number of hydrogen-bond donors (Lipinski definition) is 1. The predicted molar refractivity (Wildman–Crippen MR) is 111 cm³/mol. The van der Waals surface area contributed by atoms with Crippen molar-refractivity contribution in [2.75, 3.05) is 52.5 Å². The monoisotopic (exact) mass is 403 g/mol. The first-order chi connectivity index (χ1) is 14.2. The summed E-state index contributed by atoms with van der Waals surface area (Å²) in [6, 6.07) is 9.12. The van der Waals surface area contributed by atoms with Crippen molar-refractivity contribution < 1.29 is 19.1 Å². The molecule has 2 aliphatic rings. The van der Waals surface area contributed by atoms with Crippen LogP contribution in [0, 0.1) is 5.92 Å². The van der Waals surface area contributed by atoms with Gasteiger partial charge in [-0.2, -0.15) is 0 Å². The Hall–Kier alpha value is -2.12. The Bertz CT molecular complexity index is 641. The van der Waals surface area contributed by atoms with Gasteiger partial charge in [-0.25, -0.2) is 4.79 Å². The summed E-state index contributed by atoms with van der Waals surface area (Å²) in [5.74, 6) is 0.326. The lowest BCUT2D eigenvalue weighted by atomic mass is 9.96. The van der Waals surface area contributed by atoms with E-state index in [2.05, 4.69) is 10.2 Å². The number of carbonyl (C=O) groups is 2. The second kappa shape index (κ2) is 11.2. The van der Waals surface area contributed by atoms with Crippen molar-refractivity contribution >= 4 is 12.0 Å². The smallest absolute Gasteiger partial charge is 0.317 e. The summed E-state index contributed by atoms with van der Waals surface area (Å²) < 4.78 is 10.5. The number of rotatable bonds is 7. The molecule has 0 spiro atoms. The SMILES string of the molecule is CCOC(=O)C[C@H](NC(=O)N1CCC(CN2CCOCC2)CC1)c1ccccc1. The summed E-state index contributed by atoms with van der Waals surface area (Å²) in [6.45, 7) is 8.38. The Kier molecular flexibility index (Phi) is 8.31. The topological polar surface area (TPSA) is 71.1 Å². The summed E-state index contributed by atoms with van der Waals surface area (Å²) in [5.41, 5.74) is 0.913. The van der Waals surface area contributed by atoms with Crippen molar-refractivity contribution in [3.8, 4) is 0 Å². The molecule has 2 amide bonds. The van der Waals surface area contributed by atoms with Crippen molar-refractivity contribution in [3.63, 3.8) is 0 Å². The van der Waals surface area contributed by atoms with Crippen LogP contribution in [0.25, 0.3) is 0 Å². The Morgan fingerprint density at radius 1 is 1.14 bits per heavy atom. The van der Waals surface area contributed by atoms with Crippen LogP contribution in [-0.2, 0) is 14.3 Å². The summed E-state index contributed by atoms with van der Waals surface area (Å²) in [6.07, 6.45) is 2.16. The average Bonchev–Trinajstić information content (AvgIpc) is 2.75. The molecule has 1 atom stereocenters. The molecule has 160 valence electrons. The fraction of sp³-hybridized carbons (Fsp3) is 0.636. The van der Waals surface area contributed by atoms with Crippen LogP contribution >= 0.6 is 0 Å². The van der Waals surface area contributed by atoms with Gasteiger partial charge in [0.25, 0.3) is 0 Å². The van der Waals surface area contributed by atoms with E-state index >= 15 is 0 Å². The minimum atomic E-state index is -0.381. The number of ether oxygens (including phenoxy) is 2. The lowest BCUT2D eigenvalue weighted by Gasteiger charge is -2.36. The van der Waals surface area contributed by atoms with Crippen molar-refractivity contribution in [2.24, 2.45) is 5.92 Å². The molecule has 0 bridgehead atoms. The van der Waals surface area contributed by atoms with E-state index in [-0.39, 0.29) is 24.5 Å². The number of nitrogens with one attached hydrogen (secondary N) is 1. The quantitative estimate of drug-likeness (QED) is 0.708. The molecule has 0 saturated carbocycles. The molecule has 2 heterocycles. The van der Waals surface area contributed by atoms with E-state index in [1.807, 2.05) is 35.2 Å². The van der Waals surface area contributed by atoms with Gasteiger partial charge >= 0.3 is 12.0 Å². The molecule has 7 heteroatoms. The van der Waals surface area contributed by atoms with Crippen LogP contribution in [0.2, 0.25) is 0 Å². The third-order valence-corrected chi connectivity index (χ3v) is 5.70. The van der Waals surface area contributed by atoms with Crippen LogP contribution in [0.5, 0.6) is 0 Å². The number of urea groups is 1. The van der Waals surface area contributed by atoms with Gasteiger partial charge in [0.1, 0.15) is 0 Å². The van der Waals surface area contributed by atoms with Crippen molar-refractivity contribution in [2.45, 2.75) is 32.2 Å². The normalized spacial score (nSPS) is 19.6. The number of likely N-dealkylation sites (tertiary alicyclic amines) is 1. The van der Waals surface area contributed by atoms with Crippen LogP contribution in [-0.4, -0.2) is 74.3 Å². The van der Waals surface area contributed by atoms with Crippen LogP contribution in [0.4, 0.5) is 4.79 Å². The zero-order chi connectivity index (χ0) is 20.5. The van der Waals surface area contributed by atoms with Crippen LogP contribution < -0.4 is 5.32 Å². The van der Waals surface area contributed by atoms with Crippen LogP contribution in [0.15, 0.2) is 30.3 Å². The number of piperidine rings is 1. The minimum absolute atomic E-state index is 0.104. The largest absolute Gasteiger partial charge is 0.466 e. The summed E-state index contributed by atoms with van der Waals surface area (Å²) in [4.78, 5) is 29.2. The fourth-order valence-electron chi connectivity index (χ4n) is 4.03. The zero-order valence-electron chi connectivity index (χ0n) is 17.3. The minimum Gasteiger partial charge on any atom is -0.466 e. The van der Waals surface area contributed by atoms with Gasteiger partial charge in [-0.1, -0.05) is 30.3 Å². The molecule has 29 heavy (non-hydrogen) atoms. The Morgan fingerprint density at radius 3 is 2.48 bits per heavy atom. The van der Waals surface area contributed by atoms with E-state index in [1.165, 1.54) is 0 Å². The van der Waals surface area contributed by atoms with Gasteiger partial charge < -0.3 is 19.7 Å². The van der Waals surface area contributed by atoms with Gasteiger partial charge in [0.2, 0.25) is 0 Å². The molecule has 2 fully saturated rings. The number of amides is 2. The number of esters is 1. The van der Waals surface area contributed by atoms with Crippen molar-refractivity contribution in [3.05, 3.63) is 35.9 Å². The summed E-state index contributed by atoms with van der Waals surface area (Å²) in [7, 11) is 0. The Labute approximate surface area is 173 Å². The lowest BCUT2D eigenvalue weighted by molar-refractivity contribution is -0.143. The molecular weight excluding hydrogens is 370 g/mol. The molecule has 1 N–H and O–H groups in total. The number of carbonyl (C=O) groups excluding carboxylic acids is 2. The Balaban J connectivity index is 1.51. The van der Waals surface area contributed by atoms with Crippen molar-refractivity contribution in [1.82, 2.24) is 15.1 Å². The first-order valence-corrected chi connectivity index (χ1v) is 10.7. The average molecular weight is 404 g/mol. The van der Waals surface area contributed by atoms with Crippen molar-refractivity contribution in [1.29, 1.82) is 0 Å². The third kappa shape index (κ3) is 6.72. The Morgan fingerprint density at radius 2 is 1.83 bits per heavy atom. The first-order valence-electron chi connectivity index (χ1n) is 10.7. The van der Waals surface area contributed by atoms with Gasteiger partial charge in [0.05, 0.1) is 32.3 Å². The highest BCUT2D eigenvalue weighted by Gasteiger charge is 2.27. The molecule has 2 aliphatic heterocycles. The number of benzene rings is 1. The molecular formula is C22H33N3O4. The number of nitrogens with zero attached hydrogens (tertiary/aromatic N) is 2. The predicted octanol–water partition coefficient (Wildman–Crippen LogP) is 2.43. The number of hydrogen-bond acceptors (Lipinski definition) is 5. The second-order valence-electron chi connectivity index (χ2n) is 7.77. The molecule has 0 aliphatic carbocycles. The van der Waals surface area contributed by atoms with E-state index in [9.17, 15) is 9.59 Å². The molecule has 0 aromatic heterocycles. The molecule has 3 rings (SSSR count). The molecule has 1 aromatic rings. The van der Waals surface area contributed by atoms with E-state index < -0.39 is 0 Å². The highest BCUT2D eigenvalue weighted by molar-refractivity contribution is 5.77. The lowest BCUT2D eigenvalue weighted by Crippen LogP contribution is -2.48. The second-order valence-corrected chi connectivity index (χ2v) is 7.77. The van der Waals surface area contributed by atoms with Crippen LogP contribution in [0.3, 0.4) is 0 Å². The molecule has 7 nitrogen and oxygen atoms in total. The van der Waals surface area contributed by atoms with E-state index in [0.717, 1.165) is 64.3 Å². The highest BCUT2D eigenvalue weighted by Crippen LogP contribution is 2.21. The van der Waals surface area contributed by atoms with Crippen LogP contribution in [0.1, 0.15) is 37.8 Å². The highest BCUT2D eigenvalue weighted by atomic mass is 16.5. The van der Waals surface area contributed by atoms with Gasteiger partial charge in [-0.05, 0) is 31.2 Å². The van der Waals surface area contributed by atoms with Gasteiger partial charge in [0.15, 0.2) is 0 Å². The third-order valence-electron chi connectivity index (χ3n) is 5.70. The number of morpholine rings is 1. The fourth-order valence-corrected chi connectivity index (χ4v) is 4.03. The zero-order valence-corrected chi connectivity index (χ0v) is 17.3. The molecule has 2 saturated heterocycles. The van der Waals surface area contributed by atoms with E-state index in [1.54, 1.807) is 6.92 Å². The maximum Gasteiger partial charge on any atom is 0.317 e. The molecule has 0 radical (unpaired) electrons. The molecule has 0 unspecified atom stereocenters. The maximum absolute atomic E-state index is 12.9. The standard InChI is InChI=1S/C22H33N3O4/c1-2-29-21(26)16-20(19-6-4-3-5-7-19)23-22(27)25-10-8-18(9-11-25)17-24-12-14-28-15-13-24/h3-7,18,20H,2,8-17H2,1H3,(H,23,27)/t20-/m0/s1.